The third kappa shape index (κ3) is 7.89. The van der Waals surface area contributed by atoms with Gasteiger partial charge in [-0.15, -0.1) is 0 Å². The third-order valence-corrected chi connectivity index (χ3v) is 13.2. The van der Waals surface area contributed by atoms with E-state index in [0.29, 0.717) is 12.0 Å². The Morgan fingerprint density at radius 3 is 2.05 bits per heavy atom. The van der Waals surface area contributed by atoms with E-state index in [0.717, 1.165) is 6.92 Å². The summed E-state index contributed by atoms with van der Waals surface area (Å²) in [4.78, 5) is 82.8. The Bertz CT molecular complexity index is 2120. The number of carbonyl (C=O) groups excluding carboxylic acids is 6. The number of fused-ring (bicyclic) bond motifs is 4. The smallest absolute Gasteiger partial charge is 0.408 e. The van der Waals surface area contributed by atoms with E-state index >= 15 is 4.79 Å². The highest BCUT2D eigenvalue weighted by atomic mass is 16.6. The van der Waals surface area contributed by atoms with Gasteiger partial charge >= 0.3 is 30.0 Å². The number of aliphatic hydroxyl groups excluding tert-OH is 1. The van der Waals surface area contributed by atoms with Crippen LogP contribution in [-0.4, -0.2) is 111 Å². The molecule has 1 saturated heterocycles. The van der Waals surface area contributed by atoms with Gasteiger partial charge in [-0.25, -0.2) is 14.4 Å². The third-order valence-electron chi connectivity index (χ3n) is 13.2. The number of aliphatic hydroxyl groups is 2. The number of carbonyl (C=O) groups is 6. The maximum Gasteiger partial charge on any atom is 0.408 e. The van der Waals surface area contributed by atoms with Crippen LogP contribution in [0.25, 0.3) is 0 Å². The van der Waals surface area contributed by atoms with Gasteiger partial charge in [0.05, 0.1) is 24.1 Å². The normalized spacial score (nSPS) is 32.3. The van der Waals surface area contributed by atoms with Crippen LogP contribution in [0, 0.1) is 22.7 Å². The lowest BCUT2D eigenvalue weighted by Gasteiger charge is -2.64. The zero-order valence-electron chi connectivity index (χ0n) is 36.0. The van der Waals surface area contributed by atoms with Crippen molar-refractivity contribution in [3.05, 3.63) is 82.9 Å². The summed E-state index contributed by atoms with van der Waals surface area (Å²) >= 11 is 0. The molecule has 1 heterocycles. The van der Waals surface area contributed by atoms with Crippen molar-refractivity contribution in [1.29, 1.82) is 0 Å². The average Bonchev–Trinajstić information content (AvgIpc) is 3.90. The van der Waals surface area contributed by atoms with E-state index in [1.807, 2.05) is 0 Å². The fraction of sp³-hybridized carbons (Fsp3) is 0.556. The number of Topliss-reactive ketones (excluding diaryl/α,β-unsaturated/α-hetero) is 1. The Balaban J connectivity index is 0.00000363. The average molecular weight is 868 g/mol. The Morgan fingerprint density at radius 1 is 0.887 bits per heavy atom. The Hall–Kier alpha value is -5.20. The Labute approximate surface area is 359 Å². The monoisotopic (exact) mass is 867 g/mol. The minimum absolute atomic E-state index is 0. The van der Waals surface area contributed by atoms with Crippen LogP contribution in [0.4, 0.5) is 4.79 Å². The second-order valence-corrected chi connectivity index (χ2v) is 18.3. The fourth-order valence-electron chi connectivity index (χ4n) is 10.4. The van der Waals surface area contributed by atoms with Crippen LogP contribution in [0.1, 0.15) is 96.6 Å². The zero-order valence-corrected chi connectivity index (χ0v) is 36.0. The molecule has 62 heavy (non-hydrogen) atoms. The molecule has 2 bridgehead atoms. The molecule has 2 aromatic rings. The molecule has 7 N–H and O–H groups in total. The maximum atomic E-state index is 15.4. The van der Waals surface area contributed by atoms with E-state index in [9.17, 15) is 34.2 Å². The lowest BCUT2D eigenvalue weighted by atomic mass is 9.48. The summed E-state index contributed by atoms with van der Waals surface area (Å²) in [6, 6.07) is 14.9. The quantitative estimate of drug-likeness (QED) is 0.186. The molecule has 1 aliphatic heterocycles. The molecule has 0 aromatic heterocycles. The number of rotatable bonds is 9. The van der Waals surface area contributed by atoms with E-state index in [2.05, 4.69) is 5.32 Å². The highest BCUT2D eigenvalue weighted by Gasteiger charge is 2.84. The molecular formula is C45H57NO16. The number of nitrogens with one attached hydrogen (secondary N) is 1. The first-order chi connectivity index (χ1) is 28.1. The van der Waals surface area contributed by atoms with Crippen molar-refractivity contribution < 1.29 is 78.4 Å². The molecule has 0 radical (unpaired) electrons. The summed E-state index contributed by atoms with van der Waals surface area (Å²) in [6.07, 6.45) is -8.18. The molecule has 17 heteroatoms. The van der Waals surface area contributed by atoms with Crippen molar-refractivity contribution in [2.75, 3.05) is 6.61 Å². The van der Waals surface area contributed by atoms with Gasteiger partial charge in [-0.3, -0.25) is 14.4 Å². The molecule has 338 valence electrons. The molecule has 4 fully saturated rings. The first-order valence-electron chi connectivity index (χ1n) is 20.2. The number of esters is 4. The molecule has 1 amide bonds. The van der Waals surface area contributed by atoms with Crippen molar-refractivity contribution >= 4 is 35.8 Å². The molecule has 2 aromatic carbocycles. The number of ether oxygens (including phenoxy) is 6. The lowest BCUT2D eigenvalue weighted by Crippen LogP contribution is -2.78. The molecule has 4 aliphatic carbocycles. The molecule has 17 nitrogen and oxygen atoms in total. The van der Waals surface area contributed by atoms with Crippen molar-refractivity contribution in [3.8, 4) is 0 Å². The van der Waals surface area contributed by atoms with Gasteiger partial charge < -0.3 is 54.9 Å². The highest BCUT2D eigenvalue weighted by molar-refractivity contribution is 5.97. The number of hydrogen-bond acceptors (Lipinski definition) is 14. The van der Waals surface area contributed by atoms with Crippen molar-refractivity contribution in [2.24, 2.45) is 22.7 Å². The van der Waals surface area contributed by atoms with E-state index in [4.69, 9.17) is 28.4 Å². The van der Waals surface area contributed by atoms with Crippen molar-refractivity contribution in [2.45, 2.75) is 128 Å². The van der Waals surface area contributed by atoms with Gasteiger partial charge in [-0.1, -0.05) is 62.4 Å². The van der Waals surface area contributed by atoms with Crippen LogP contribution in [0.15, 0.2) is 71.8 Å². The van der Waals surface area contributed by atoms with Crippen molar-refractivity contribution in [1.82, 2.24) is 5.32 Å². The predicted octanol–water partition coefficient (Wildman–Crippen LogP) is 2.82. The Kier molecular flexibility index (Phi) is 13.0. The second-order valence-electron chi connectivity index (χ2n) is 18.3. The highest BCUT2D eigenvalue weighted by Crippen LogP contribution is 2.74. The topological polar surface area (TPSA) is 273 Å². The van der Waals surface area contributed by atoms with Gasteiger partial charge in [0.2, 0.25) is 0 Å². The SMILES string of the molecule is CC(=O)O[C@H]1C(=O)[C@]23C[C@H]2C[C@H]2OC[C@@]2(OC(C)=O)[C@H]3[C@H](OC(=O)c2ccccc2)[C@]2(O)C[C@H](OC(=O)[C@H](O)[C@@H](NC(=O)OC(C)(C)C)c3ccccc3)C(C)=C1C2(C)C.O.O. The molecular weight excluding hydrogens is 810 g/mol. The number of amides is 1. The minimum Gasteiger partial charge on any atom is -0.456 e. The van der Waals surface area contributed by atoms with Crippen molar-refractivity contribution in [3.63, 3.8) is 0 Å². The summed E-state index contributed by atoms with van der Waals surface area (Å²) < 4.78 is 36.0. The minimum atomic E-state index is -2.25. The zero-order chi connectivity index (χ0) is 43.7. The summed E-state index contributed by atoms with van der Waals surface area (Å²) in [6.45, 7) is 12.0. The van der Waals surface area contributed by atoms with Crippen LogP contribution in [0.2, 0.25) is 0 Å². The number of hydrogen-bond donors (Lipinski definition) is 3. The summed E-state index contributed by atoms with van der Waals surface area (Å²) in [5, 5.41) is 27.9. The Morgan fingerprint density at radius 2 is 1.50 bits per heavy atom. The molecule has 5 aliphatic rings. The molecule has 7 rings (SSSR count). The maximum absolute atomic E-state index is 15.4. The van der Waals surface area contributed by atoms with Crippen LogP contribution >= 0.6 is 0 Å². The van der Waals surface area contributed by atoms with E-state index in [1.54, 1.807) is 90.1 Å². The first kappa shape index (κ1) is 47.8. The standard InChI is InChI=1S/C45H53NO14.2H2O/c1-23-29(57-39(52)33(49)32(26-15-11-9-12-16-26)46-40(53)60-41(4,5)6)21-45(54)37(58-38(51)27-17-13-10-14-18-27)35-43(36(50)34(56-24(2)47)31(23)42(45,7)8)20-28(43)19-30-44(35,22-55-30)59-25(3)48;;/h9-18,28-30,32-35,37,49,54H,19-22H2,1-8H3,(H,46,53);2*1H2/t28-,29+,30-,32+,33-,34-,35+,37+,43-,44+,45-;;/m1../s1. The largest absolute Gasteiger partial charge is 0.456 e. The molecule has 3 saturated carbocycles. The summed E-state index contributed by atoms with van der Waals surface area (Å²) in [5.41, 5.74) is -6.79. The van der Waals surface area contributed by atoms with Gasteiger partial charge in [-0.05, 0) is 75.3 Å². The van der Waals surface area contributed by atoms with Crippen LogP contribution in [0.5, 0.6) is 0 Å². The van der Waals surface area contributed by atoms with Gasteiger partial charge in [0.15, 0.2) is 23.6 Å². The van der Waals surface area contributed by atoms with E-state index in [1.165, 1.54) is 19.1 Å². The fourth-order valence-corrected chi connectivity index (χ4v) is 10.4. The van der Waals surface area contributed by atoms with Gasteiger partial charge in [0.25, 0.3) is 0 Å². The van der Waals surface area contributed by atoms with Gasteiger partial charge in [0.1, 0.15) is 29.5 Å². The summed E-state index contributed by atoms with van der Waals surface area (Å²) in [5.74, 6) is -5.65. The number of ketones is 1. The first-order valence-corrected chi connectivity index (χ1v) is 20.2. The van der Waals surface area contributed by atoms with Crippen LogP contribution < -0.4 is 5.32 Å². The summed E-state index contributed by atoms with van der Waals surface area (Å²) in [7, 11) is 0. The number of benzene rings is 2. The molecule has 0 unspecified atom stereocenters. The lowest BCUT2D eigenvalue weighted by molar-refractivity contribution is -0.323. The van der Waals surface area contributed by atoms with Gasteiger partial charge in [0, 0.05) is 31.1 Å². The van der Waals surface area contributed by atoms with Crippen LogP contribution in [-0.2, 0) is 47.6 Å². The van der Waals surface area contributed by atoms with Crippen LogP contribution in [0.3, 0.4) is 0 Å². The van der Waals surface area contributed by atoms with Gasteiger partial charge in [-0.2, -0.15) is 0 Å². The van der Waals surface area contributed by atoms with E-state index < -0.39 is 112 Å². The number of alkyl carbamates (subject to hydrolysis) is 1. The predicted molar refractivity (Wildman–Crippen MR) is 217 cm³/mol. The second kappa shape index (κ2) is 16.8. The molecule has 1 spiro atoms. The van der Waals surface area contributed by atoms with E-state index in [-0.39, 0.29) is 46.6 Å². The molecule has 11 atom stereocenters.